The minimum absolute atomic E-state index is 0. The first-order chi connectivity index (χ1) is 13.7. The van der Waals surface area contributed by atoms with E-state index in [9.17, 15) is 5.11 Å². The predicted octanol–water partition coefficient (Wildman–Crippen LogP) is 6.13. The van der Waals surface area contributed by atoms with Gasteiger partial charge in [-0.05, 0) is 31.2 Å². The molecular formula is C23H38N4O2. The van der Waals surface area contributed by atoms with Crippen molar-refractivity contribution >= 4 is 22.4 Å². The van der Waals surface area contributed by atoms with Crippen molar-refractivity contribution in [2.24, 2.45) is 5.73 Å². The third-order valence-electron chi connectivity index (χ3n) is 3.26. The van der Waals surface area contributed by atoms with Crippen molar-refractivity contribution < 1.29 is 9.84 Å². The standard InChI is InChI=1S/C15H13N3O2.C3H9N.2C2H6.CH4/c1-20-14-8-12-11(7-13(14)19)15(17-9-16-12)18-10-5-3-2-4-6-10;1-2-3-4;2*1-2;/h2-9,19H,1H3,(H,16,17,18);2-4H2,1H3;2*1-2H3;1H4. The summed E-state index contributed by atoms with van der Waals surface area (Å²) >= 11 is 0. The van der Waals surface area contributed by atoms with Gasteiger partial charge < -0.3 is 20.9 Å². The van der Waals surface area contributed by atoms with Crippen LogP contribution in [0.4, 0.5) is 11.5 Å². The first kappa shape index (κ1) is 28.4. The van der Waals surface area contributed by atoms with Gasteiger partial charge in [-0.3, -0.25) is 0 Å². The van der Waals surface area contributed by atoms with Crippen molar-refractivity contribution in [3.63, 3.8) is 0 Å². The van der Waals surface area contributed by atoms with Gasteiger partial charge in [-0.15, -0.1) is 0 Å². The number of nitrogens with two attached hydrogens (primary N) is 1. The van der Waals surface area contributed by atoms with E-state index < -0.39 is 0 Å². The van der Waals surface area contributed by atoms with E-state index in [0.29, 0.717) is 17.1 Å². The summed E-state index contributed by atoms with van der Waals surface area (Å²) in [6, 6.07) is 13.0. The molecule has 3 aromatic rings. The zero-order valence-corrected chi connectivity index (χ0v) is 17.9. The molecule has 3 rings (SSSR count). The Morgan fingerprint density at radius 1 is 1.03 bits per heavy atom. The Kier molecular flexibility index (Phi) is 16.9. The molecule has 0 unspecified atom stereocenters. The summed E-state index contributed by atoms with van der Waals surface area (Å²) < 4.78 is 5.08. The van der Waals surface area contributed by atoms with E-state index in [1.54, 1.807) is 12.1 Å². The third kappa shape index (κ3) is 9.25. The lowest BCUT2D eigenvalue weighted by molar-refractivity contribution is 0.374. The molecular weight excluding hydrogens is 364 g/mol. The summed E-state index contributed by atoms with van der Waals surface area (Å²) in [4.78, 5) is 8.42. The molecule has 0 fully saturated rings. The van der Waals surface area contributed by atoms with Gasteiger partial charge in [-0.25, -0.2) is 9.97 Å². The highest BCUT2D eigenvalue weighted by Gasteiger charge is 2.09. The molecule has 0 aliphatic heterocycles. The predicted molar refractivity (Wildman–Crippen MR) is 126 cm³/mol. The van der Waals surface area contributed by atoms with Crippen molar-refractivity contribution in [2.75, 3.05) is 19.0 Å². The normalized spacial score (nSPS) is 8.66. The fraction of sp³-hybridized carbons (Fsp3) is 0.391. The number of fused-ring (bicyclic) bond motifs is 1. The average molecular weight is 403 g/mol. The van der Waals surface area contributed by atoms with Crippen LogP contribution in [0.5, 0.6) is 11.5 Å². The molecule has 0 radical (unpaired) electrons. The number of aromatic hydroxyl groups is 1. The molecule has 1 heterocycles. The van der Waals surface area contributed by atoms with Gasteiger partial charge in [0.25, 0.3) is 0 Å². The molecule has 6 nitrogen and oxygen atoms in total. The van der Waals surface area contributed by atoms with E-state index in [2.05, 4.69) is 22.2 Å². The number of anilines is 2. The number of ether oxygens (including phenoxy) is 1. The van der Waals surface area contributed by atoms with Gasteiger partial charge in [-0.2, -0.15) is 0 Å². The molecule has 1 aromatic heterocycles. The van der Waals surface area contributed by atoms with Crippen molar-refractivity contribution in [3.05, 3.63) is 48.8 Å². The van der Waals surface area contributed by atoms with Gasteiger partial charge in [-0.1, -0.05) is 60.2 Å². The van der Waals surface area contributed by atoms with E-state index in [4.69, 9.17) is 10.5 Å². The van der Waals surface area contributed by atoms with Crippen LogP contribution in [-0.2, 0) is 0 Å². The van der Waals surface area contributed by atoms with Crippen LogP contribution in [-0.4, -0.2) is 28.7 Å². The molecule has 0 bridgehead atoms. The van der Waals surface area contributed by atoms with Gasteiger partial charge in [0, 0.05) is 17.1 Å². The van der Waals surface area contributed by atoms with Crippen molar-refractivity contribution in [1.29, 1.82) is 0 Å². The number of methoxy groups -OCH3 is 1. The quantitative estimate of drug-likeness (QED) is 0.486. The third-order valence-corrected chi connectivity index (χ3v) is 3.26. The van der Waals surface area contributed by atoms with Crippen LogP contribution in [0.25, 0.3) is 10.9 Å². The Balaban J connectivity index is 0. The Morgan fingerprint density at radius 3 is 2.14 bits per heavy atom. The number of phenols is 1. The number of nitrogens with zero attached hydrogens (tertiary/aromatic N) is 2. The van der Waals surface area contributed by atoms with E-state index in [1.807, 2.05) is 58.0 Å². The maximum Gasteiger partial charge on any atom is 0.162 e. The first-order valence-electron chi connectivity index (χ1n) is 9.73. The van der Waals surface area contributed by atoms with E-state index in [1.165, 1.54) is 13.4 Å². The molecule has 6 heteroatoms. The molecule has 0 aliphatic carbocycles. The topological polar surface area (TPSA) is 93.3 Å². The van der Waals surface area contributed by atoms with Crippen LogP contribution in [0.1, 0.15) is 48.5 Å². The smallest absolute Gasteiger partial charge is 0.162 e. The minimum atomic E-state index is 0. The summed E-state index contributed by atoms with van der Waals surface area (Å²) in [6.45, 7) is 10.9. The van der Waals surface area contributed by atoms with Gasteiger partial charge in [0.15, 0.2) is 11.5 Å². The monoisotopic (exact) mass is 402 g/mol. The molecule has 0 amide bonds. The Morgan fingerprint density at radius 2 is 1.62 bits per heavy atom. The number of benzene rings is 2. The molecule has 0 aliphatic rings. The summed E-state index contributed by atoms with van der Waals surface area (Å²) in [6.07, 6.45) is 2.57. The van der Waals surface area contributed by atoms with E-state index >= 15 is 0 Å². The van der Waals surface area contributed by atoms with Crippen LogP contribution in [0, 0.1) is 0 Å². The maximum atomic E-state index is 9.89. The highest BCUT2D eigenvalue weighted by Crippen LogP contribution is 2.33. The molecule has 2 aromatic carbocycles. The second-order valence-corrected chi connectivity index (χ2v) is 5.04. The fourth-order valence-corrected chi connectivity index (χ4v) is 1.99. The lowest BCUT2D eigenvalue weighted by Gasteiger charge is -2.10. The second-order valence-electron chi connectivity index (χ2n) is 5.04. The first-order valence-corrected chi connectivity index (χ1v) is 9.73. The molecule has 0 saturated carbocycles. The Hall–Kier alpha value is -2.86. The van der Waals surface area contributed by atoms with Gasteiger partial charge in [0.05, 0.1) is 12.6 Å². The number of aromatic nitrogens is 2. The molecule has 0 atom stereocenters. The van der Waals surface area contributed by atoms with Crippen LogP contribution in [0.3, 0.4) is 0 Å². The number of hydrogen-bond acceptors (Lipinski definition) is 6. The number of rotatable bonds is 4. The SMILES string of the molecule is C.CC.CC.CCCN.COc1cc2ncnc(Nc3ccccc3)c2cc1O. The van der Waals surface area contributed by atoms with E-state index in [-0.39, 0.29) is 13.2 Å². The molecule has 0 spiro atoms. The van der Waals surface area contributed by atoms with Gasteiger partial charge >= 0.3 is 0 Å². The van der Waals surface area contributed by atoms with Crippen LogP contribution < -0.4 is 15.8 Å². The average Bonchev–Trinajstić information content (AvgIpc) is 2.77. The van der Waals surface area contributed by atoms with Crippen molar-refractivity contribution in [2.45, 2.75) is 48.5 Å². The highest BCUT2D eigenvalue weighted by atomic mass is 16.5. The van der Waals surface area contributed by atoms with Crippen LogP contribution in [0.15, 0.2) is 48.8 Å². The summed E-state index contributed by atoms with van der Waals surface area (Å²) in [7, 11) is 1.51. The van der Waals surface area contributed by atoms with Crippen LogP contribution in [0.2, 0.25) is 0 Å². The van der Waals surface area contributed by atoms with Crippen molar-refractivity contribution in [3.8, 4) is 11.5 Å². The molecule has 29 heavy (non-hydrogen) atoms. The summed E-state index contributed by atoms with van der Waals surface area (Å²) in [5.41, 5.74) is 6.65. The molecule has 4 N–H and O–H groups in total. The second kappa shape index (κ2) is 17.3. The maximum absolute atomic E-state index is 9.89. The number of hydrogen-bond donors (Lipinski definition) is 3. The van der Waals surface area contributed by atoms with Crippen LogP contribution >= 0.6 is 0 Å². The van der Waals surface area contributed by atoms with Crippen molar-refractivity contribution in [1.82, 2.24) is 9.97 Å². The number of nitrogens with one attached hydrogen (secondary N) is 1. The highest BCUT2D eigenvalue weighted by molar-refractivity contribution is 5.92. The Bertz CT molecular complexity index is 778. The largest absolute Gasteiger partial charge is 0.504 e. The summed E-state index contributed by atoms with van der Waals surface area (Å²) in [5.74, 6) is 1.09. The number of para-hydroxylation sites is 1. The molecule has 0 saturated heterocycles. The Labute approximate surface area is 176 Å². The summed E-state index contributed by atoms with van der Waals surface area (Å²) in [5, 5.41) is 13.8. The lowest BCUT2D eigenvalue weighted by atomic mass is 10.2. The number of phenolic OH excluding ortho intramolecular Hbond substituents is 1. The lowest BCUT2D eigenvalue weighted by Crippen LogP contribution is -1.96. The van der Waals surface area contributed by atoms with E-state index in [0.717, 1.165) is 24.0 Å². The molecule has 162 valence electrons. The zero-order chi connectivity index (χ0) is 21.4. The van der Waals surface area contributed by atoms with Gasteiger partial charge in [0.2, 0.25) is 0 Å². The minimum Gasteiger partial charge on any atom is -0.504 e. The zero-order valence-electron chi connectivity index (χ0n) is 17.9. The fourth-order valence-electron chi connectivity index (χ4n) is 1.99. The van der Waals surface area contributed by atoms with Gasteiger partial charge in [0.1, 0.15) is 12.1 Å².